The highest BCUT2D eigenvalue weighted by Crippen LogP contribution is 2.21. The number of Topliss-reactive ketones (excluding diaryl/α,β-unsaturated/α-hetero) is 1. The van der Waals surface area contributed by atoms with Crippen molar-refractivity contribution in [2.24, 2.45) is 11.3 Å². The van der Waals surface area contributed by atoms with E-state index in [0.29, 0.717) is 11.7 Å². The van der Waals surface area contributed by atoms with Crippen LogP contribution < -0.4 is 5.32 Å². The van der Waals surface area contributed by atoms with Gasteiger partial charge in [-0.25, -0.2) is 0 Å². The first kappa shape index (κ1) is 14.6. The van der Waals surface area contributed by atoms with Crippen LogP contribution in [0.4, 0.5) is 0 Å². The van der Waals surface area contributed by atoms with Gasteiger partial charge in [-0.3, -0.25) is 4.79 Å². The van der Waals surface area contributed by atoms with Gasteiger partial charge in [-0.05, 0) is 26.7 Å². The van der Waals surface area contributed by atoms with E-state index < -0.39 is 0 Å². The third-order valence-electron chi connectivity index (χ3n) is 2.28. The molecule has 2 nitrogen and oxygen atoms in total. The SMILES string of the molecule is CC(C)C(NC(C)(C)C)C(=O)C(C)(C)C. The van der Waals surface area contributed by atoms with Crippen molar-refractivity contribution in [1.82, 2.24) is 5.32 Å². The fourth-order valence-corrected chi connectivity index (χ4v) is 1.47. The number of hydrogen-bond acceptors (Lipinski definition) is 2. The highest BCUT2D eigenvalue weighted by atomic mass is 16.1. The minimum absolute atomic E-state index is 0.0180. The van der Waals surface area contributed by atoms with Gasteiger partial charge in [-0.1, -0.05) is 34.6 Å². The molecule has 0 heterocycles. The van der Waals surface area contributed by atoms with Crippen LogP contribution in [0, 0.1) is 11.3 Å². The van der Waals surface area contributed by atoms with Crippen molar-refractivity contribution in [3.05, 3.63) is 0 Å². The summed E-state index contributed by atoms with van der Waals surface area (Å²) >= 11 is 0. The van der Waals surface area contributed by atoms with Crippen molar-refractivity contribution in [3.8, 4) is 0 Å². The van der Waals surface area contributed by atoms with Crippen LogP contribution in [0.15, 0.2) is 0 Å². The molecule has 1 N–H and O–H groups in total. The fraction of sp³-hybridized carbons (Fsp3) is 0.923. The molecular weight excluding hydrogens is 186 g/mol. The van der Waals surface area contributed by atoms with Crippen LogP contribution in [0.2, 0.25) is 0 Å². The predicted octanol–water partition coefficient (Wildman–Crippen LogP) is 3.01. The Bertz CT molecular complexity index is 218. The first-order valence-electron chi connectivity index (χ1n) is 5.77. The van der Waals surface area contributed by atoms with E-state index in [1.165, 1.54) is 0 Å². The van der Waals surface area contributed by atoms with E-state index in [1.54, 1.807) is 0 Å². The van der Waals surface area contributed by atoms with Gasteiger partial charge in [0.1, 0.15) is 0 Å². The highest BCUT2D eigenvalue weighted by Gasteiger charge is 2.33. The summed E-state index contributed by atoms with van der Waals surface area (Å²) in [6.07, 6.45) is 0. The van der Waals surface area contributed by atoms with E-state index in [4.69, 9.17) is 0 Å². The van der Waals surface area contributed by atoms with Crippen molar-refractivity contribution in [2.45, 2.75) is 67.0 Å². The maximum absolute atomic E-state index is 12.2. The van der Waals surface area contributed by atoms with Gasteiger partial charge in [0.05, 0.1) is 6.04 Å². The summed E-state index contributed by atoms with van der Waals surface area (Å²) in [6.45, 7) is 16.4. The molecule has 90 valence electrons. The molecule has 0 aliphatic rings. The van der Waals surface area contributed by atoms with E-state index >= 15 is 0 Å². The lowest BCUT2D eigenvalue weighted by atomic mass is 9.81. The lowest BCUT2D eigenvalue weighted by molar-refractivity contribution is -0.130. The topological polar surface area (TPSA) is 29.1 Å². The first-order chi connectivity index (χ1) is 6.45. The zero-order valence-corrected chi connectivity index (χ0v) is 11.6. The normalized spacial score (nSPS) is 15.5. The highest BCUT2D eigenvalue weighted by molar-refractivity contribution is 5.89. The summed E-state index contributed by atoms with van der Waals surface area (Å²) in [5.41, 5.74) is -0.289. The van der Waals surface area contributed by atoms with Crippen molar-refractivity contribution in [2.75, 3.05) is 0 Å². The molecule has 1 unspecified atom stereocenters. The first-order valence-corrected chi connectivity index (χ1v) is 5.77. The smallest absolute Gasteiger partial charge is 0.155 e. The molecule has 15 heavy (non-hydrogen) atoms. The van der Waals surface area contributed by atoms with Gasteiger partial charge in [0.2, 0.25) is 0 Å². The van der Waals surface area contributed by atoms with E-state index in [0.717, 1.165) is 0 Å². The van der Waals surface area contributed by atoms with Crippen LogP contribution in [0.5, 0.6) is 0 Å². The van der Waals surface area contributed by atoms with Crippen LogP contribution >= 0.6 is 0 Å². The van der Waals surface area contributed by atoms with E-state index in [1.807, 2.05) is 20.8 Å². The Balaban J connectivity index is 4.77. The fourth-order valence-electron chi connectivity index (χ4n) is 1.47. The molecule has 0 aliphatic carbocycles. The minimum Gasteiger partial charge on any atom is -0.302 e. The molecule has 0 spiro atoms. The maximum atomic E-state index is 12.2. The van der Waals surface area contributed by atoms with Crippen LogP contribution in [0.25, 0.3) is 0 Å². The zero-order valence-electron chi connectivity index (χ0n) is 11.6. The van der Waals surface area contributed by atoms with Crippen molar-refractivity contribution in [3.63, 3.8) is 0 Å². The monoisotopic (exact) mass is 213 g/mol. The molecule has 0 saturated heterocycles. The van der Waals surface area contributed by atoms with E-state index in [-0.39, 0.29) is 17.0 Å². The second-order valence-corrected chi connectivity index (χ2v) is 6.73. The van der Waals surface area contributed by atoms with Crippen LogP contribution in [0.3, 0.4) is 0 Å². The molecule has 0 bridgehead atoms. The summed E-state index contributed by atoms with van der Waals surface area (Å²) in [7, 11) is 0. The Hall–Kier alpha value is -0.370. The van der Waals surface area contributed by atoms with Gasteiger partial charge in [-0.15, -0.1) is 0 Å². The quantitative estimate of drug-likeness (QED) is 0.781. The second-order valence-electron chi connectivity index (χ2n) is 6.73. The standard InChI is InChI=1S/C13H27NO/c1-9(2)10(14-13(6,7)8)11(15)12(3,4)5/h9-10,14H,1-8H3. The summed E-state index contributed by atoms with van der Waals surface area (Å²) in [6, 6.07) is -0.0509. The molecule has 0 aromatic rings. The Morgan fingerprint density at radius 1 is 1.00 bits per heavy atom. The average Bonchev–Trinajstić information content (AvgIpc) is 1.94. The van der Waals surface area contributed by atoms with Gasteiger partial charge in [0, 0.05) is 11.0 Å². The third-order valence-corrected chi connectivity index (χ3v) is 2.28. The predicted molar refractivity (Wildman–Crippen MR) is 66.0 cm³/mol. The molecule has 0 rings (SSSR count). The Morgan fingerprint density at radius 3 is 1.60 bits per heavy atom. The van der Waals surface area contributed by atoms with Crippen molar-refractivity contribution < 1.29 is 4.79 Å². The van der Waals surface area contributed by atoms with Gasteiger partial charge in [0.25, 0.3) is 0 Å². The molecule has 2 heteroatoms. The van der Waals surface area contributed by atoms with E-state index in [9.17, 15) is 4.79 Å². The molecule has 0 saturated carbocycles. The molecule has 0 radical (unpaired) electrons. The lowest BCUT2D eigenvalue weighted by Gasteiger charge is -2.34. The van der Waals surface area contributed by atoms with E-state index in [2.05, 4.69) is 39.9 Å². The zero-order chi connectivity index (χ0) is 12.4. The summed E-state index contributed by atoms with van der Waals surface area (Å²) in [4.78, 5) is 12.2. The summed E-state index contributed by atoms with van der Waals surface area (Å²) in [5, 5.41) is 3.41. The van der Waals surface area contributed by atoms with Crippen LogP contribution in [0.1, 0.15) is 55.4 Å². The van der Waals surface area contributed by atoms with Gasteiger partial charge < -0.3 is 5.32 Å². The van der Waals surface area contributed by atoms with Gasteiger partial charge in [0.15, 0.2) is 5.78 Å². The van der Waals surface area contributed by atoms with Gasteiger partial charge in [-0.2, -0.15) is 0 Å². The maximum Gasteiger partial charge on any atom is 0.155 e. The molecule has 0 aliphatic heterocycles. The average molecular weight is 213 g/mol. The number of rotatable bonds is 3. The minimum atomic E-state index is -0.271. The summed E-state index contributed by atoms with van der Waals surface area (Å²) < 4.78 is 0. The number of carbonyl (C=O) groups is 1. The number of hydrogen-bond donors (Lipinski definition) is 1. The molecule has 1 atom stereocenters. The van der Waals surface area contributed by atoms with Crippen molar-refractivity contribution >= 4 is 5.78 Å². The molecular formula is C13H27NO. The molecule has 0 aromatic heterocycles. The lowest BCUT2D eigenvalue weighted by Crippen LogP contribution is -2.53. The molecule has 0 amide bonds. The van der Waals surface area contributed by atoms with Crippen LogP contribution in [-0.4, -0.2) is 17.4 Å². The number of carbonyl (C=O) groups excluding carboxylic acids is 1. The Labute approximate surface area is 94.8 Å². The number of nitrogens with one attached hydrogen (secondary N) is 1. The molecule has 0 fully saturated rings. The third kappa shape index (κ3) is 5.31. The number of ketones is 1. The largest absolute Gasteiger partial charge is 0.302 e. The Morgan fingerprint density at radius 2 is 1.40 bits per heavy atom. The summed E-state index contributed by atoms with van der Waals surface area (Å²) in [5.74, 6) is 0.628. The molecule has 0 aromatic carbocycles. The van der Waals surface area contributed by atoms with Gasteiger partial charge >= 0.3 is 0 Å². The Kier molecular flexibility index (Phi) is 4.53. The second kappa shape index (κ2) is 4.65. The van der Waals surface area contributed by atoms with Crippen molar-refractivity contribution in [1.29, 1.82) is 0 Å². The van der Waals surface area contributed by atoms with Crippen LogP contribution in [-0.2, 0) is 4.79 Å².